The Morgan fingerprint density at radius 1 is 1.36 bits per heavy atom. The second-order valence-corrected chi connectivity index (χ2v) is 5.59. The van der Waals surface area contributed by atoms with Crippen LogP contribution in [0.2, 0.25) is 0 Å². The Labute approximate surface area is 128 Å². The molecule has 118 valence electrons. The molecule has 2 N–H and O–H groups in total. The molecule has 0 spiro atoms. The van der Waals surface area contributed by atoms with Crippen LogP contribution in [0.1, 0.15) is 24.0 Å². The molecule has 0 saturated carbocycles. The van der Waals surface area contributed by atoms with Gasteiger partial charge in [0.15, 0.2) is 0 Å². The van der Waals surface area contributed by atoms with Crippen LogP contribution in [-0.4, -0.2) is 22.1 Å². The van der Waals surface area contributed by atoms with E-state index in [2.05, 4.69) is 5.32 Å². The normalized spacial score (nSPS) is 13.6. The summed E-state index contributed by atoms with van der Waals surface area (Å²) in [7, 11) is 0. The number of carbonyl (C=O) groups excluding carboxylic acids is 1. The Balaban J connectivity index is 1.98. The molecule has 1 amide bonds. The van der Waals surface area contributed by atoms with E-state index in [1.807, 2.05) is 0 Å². The van der Waals surface area contributed by atoms with Gasteiger partial charge in [0.1, 0.15) is 23.7 Å². The van der Waals surface area contributed by atoms with E-state index < -0.39 is 5.60 Å². The third-order valence-corrected chi connectivity index (χ3v) is 3.43. The fourth-order valence-corrected chi connectivity index (χ4v) is 2.07. The lowest BCUT2D eigenvalue weighted by atomic mass is 10.0. The lowest BCUT2D eigenvalue weighted by molar-refractivity contribution is -0.123. The number of nitrogens with one attached hydrogen (secondary N) is 1. The van der Waals surface area contributed by atoms with Crippen LogP contribution < -0.4 is 10.9 Å². The summed E-state index contributed by atoms with van der Waals surface area (Å²) in [4.78, 5) is 23.8. The maximum Gasteiger partial charge on any atom is 0.253 e. The van der Waals surface area contributed by atoms with Gasteiger partial charge in [-0.1, -0.05) is 6.07 Å². The van der Waals surface area contributed by atoms with Crippen molar-refractivity contribution in [3.63, 3.8) is 0 Å². The molecule has 1 unspecified atom stereocenters. The van der Waals surface area contributed by atoms with Gasteiger partial charge in [-0.25, -0.2) is 0 Å². The van der Waals surface area contributed by atoms with Gasteiger partial charge in [-0.15, -0.1) is 0 Å². The quantitative estimate of drug-likeness (QED) is 0.866. The van der Waals surface area contributed by atoms with E-state index in [-0.39, 0.29) is 24.6 Å². The van der Waals surface area contributed by atoms with Crippen molar-refractivity contribution in [1.82, 2.24) is 9.88 Å². The number of nitrogens with zero attached hydrogens (tertiary/aromatic N) is 1. The van der Waals surface area contributed by atoms with Crippen molar-refractivity contribution in [2.45, 2.75) is 32.9 Å². The van der Waals surface area contributed by atoms with Gasteiger partial charge in [0, 0.05) is 11.8 Å². The molecule has 0 saturated heterocycles. The number of amides is 1. The number of aryl methyl sites for hydroxylation is 2. The highest BCUT2D eigenvalue weighted by Crippen LogP contribution is 2.21. The van der Waals surface area contributed by atoms with E-state index in [0.717, 1.165) is 0 Å². The fourth-order valence-electron chi connectivity index (χ4n) is 2.07. The SMILES string of the molecule is Cc1ccc(C(C)(O)CNC(=O)Cn2cccc(C)c2=O)o1. The van der Waals surface area contributed by atoms with Crippen molar-refractivity contribution < 1.29 is 14.3 Å². The largest absolute Gasteiger partial charge is 0.463 e. The lowest BCUT2D eigenvalue weighted by Crippen LogP contribution is -2.41. The first kappa shape index (κ1) is 16.0. The van der Waals surface area contributed by atoms with Crippen molar-refractivity contribution in [3.8, 4) is 0 Å². The molecule has 0 radical (unpaired) electrons. The lowest BCUT2D eigenvalue weighted by Gasteiger charge is -2.21. The molecule has 0 aliphatic heterocycles. The molecule has 0 bridgehead atoms. The summed E-state index contributed by atoms with van der Waals surface area (Å²) in [6.45, 7) is 4.95. The Kier molecular flexibility index (Phi) is 4.51. The first-order chi connectivity index (χ1) is 10.3. The standard InChI is InChI=1S/C16H20N2O4/c1-11-5-4-8-18(15(11)20)9-14(19)17-10-16(3,21)13-7-6-12(2)22-13/h4-8,21H,9-10H2,1-3H3,(H,17,19). The zero-order chi connectivity index (χ0) is 16.3. The van der Waals surface area contributed by atoms with E-state index in [0.29, 0.717) is 17.1 Å². The third-order valence-electron chi connectivity index (χ3n) is 3.43. The molecule has 6 nitrogen and oxygen atoms in total. The summed E-state index contributed by atoms with van der Waals surface area (Å²) in [5.74, 6) is 0.724. The maximum atomic E-state index is 11.9. The van der Waals surface area contributed by atoms with Crippen molar-refractivity contribution in [2.75, 3.05) is 6.54 Å². The number of carbonyl (C=O) groups is 1. The Hall–Kier alpha value is -2.34. The fraction of sp³-hybridized carbons (Fsp3) is 0.375. The Morgan fingerprint density at radius 2 is 2.09 bits per heavy atom. The second-order valence-electron chi connectivity index (χ2n) is 5.59. The molecule has 0 aromatic carbocycles. The Morgan fingerprint density at radius 3 is 2.73 bits per heavy atom. The van der Waals surface area contributed by atoms with Crippen LogP contribution in [0, 0.1) is 13.8 Å². The molecule has 0 fully saturated rings. The minimum Gasteiger partial charge on any atom is -0.463 e. The zero-order valence-electron chi connectivity index (χ0n) is 12.9. The predicted octanol–water partition coefficient (Wildman–Crippen LogP) is 1.08. The predicted molar refractivity (Wildman–Crippen MR) is 81.5 cm³/mol. The van der Waals surface area contributed by atoms with Gasteiger partial charge in [-0.2, -0.15) is 0 Å². The molecule has 2 rings (SSSR count). The van der Waals surface area contributed by atoms with Crippen LogP contribution in [0.5, 0.6) is 0 Å². The maximum absolute atomic E-state index is 11.9. The number of hydrogen-bond donors (Lipinski definition) is 2. The number of hydrogen-bond acceptors (Lipinski definition) is 4. The summed E-state index contributed by atoms with van der Waals surface area (Å²) in [5.41, 5.74) is -0.930. The van der Waals surface area contributed by atoms with Crippen LogP contribution in [0.15, 0.2) is 39.7 Å². The van der Waals surface area contributed by atoms with E-state index in [4.69, 9.17) is 4.42 Å². The van der Waals surface area contributed by atoms with Crippen molar-refractivity contribution >= 4 is 5.91 Å². The van der Waals surface area contributed by atoms with Gasteiger partial charge < -0.3 is 19.4 Å². The van der Waals surface area contributed by atoms with Crippen molar-refractivity contribution in [2.24, 2.45) is 0 Å². The highest BCUT2D eigenvalue weighted by molar-refractivity contribution is 5.75. The topological polar surface area (TPSA) is 84.5 Å². The van der Waals surface area contributed by atoms with E-state index in [9.17, 15) is 14.7 Å². The Bertz CT molecular complexity index is 728. The van der Waals surface area contributed by atoms with Crippen LogP contribution in [-0.2, 0) is 16.9 Å². The van der Waals surface area contributed by atoms with Gasteiger partial charge >= 0.3 is 0 Å². The highest BCUT2D eigenvalue weighted by Gasteiger charge is 2.27. The molecule has 2 aromatic rings. The molecule has 2 aromatic heterocycles. The van der Waals surface area contributed by atoms with Gasteiger partial charge in [-0.05, 0) is 39.0 Å². The molecule has 6 heteroatoms. The highest BCUT2D eigenvalue weighted by atomic mass is 16.4. The van der Waals surface area contributed by atoms with Crippen LogP contribution >= 0.6 is 0 Å². The molecule has 1 atom stereocenters. The molecular formula is C16H20N2O4. The summed E-state index contributed by atoms with van der Waals surface area (Å²) < 4.78 is 6.71. The molecule has 22 heavy (non-hydrogen) atoms. The summed E-state index contributed by atoms with van der Waals surface area (Å²) in [5, 5.41) is 13.0. The smallest absolute Gasteiger partial charge is 0.253 e. The van der Waals surface area contributed by atoms with E-state index in [1.54, 1.807) is 51.2 Å². The number of pyridine rings is 1. The summed E-state index contributed by atoms with van der Waals surface area (Å²) in [6.07, 6.45) is 1.56. The average Bonchev–Trinajstić information content (AvgIpc) is 2.89. The molecular weight excluding hydrogens is 284 g/mol. The summed E-state index contributed by atoms with van der Waals surface area (Å²) >= 11 is 0. The minimum atomic E-state index is -1.30. The van der Waals surface area contributed by atoms with Gasteiger partial charge in [0.05, 0.1) is 6.54 Å². The minimum absolute atomic E-state index is 0.000642. The van der Waals surface area contributed by atoms with E-state index >= 15 is 0 Å². The monoisotopic (exact) mass is 304 g/mol. The second kappa shape index (κ2) is 6.19. The molecule has 2 heterocycles. The van der Waals surface area contributed by atoms with Gasteiger partial charge in [0.2, 0.25) is 5.91 Å². The van der Waals surface area contributed by atoms with Crippen LogP contribution in [0.25, 0.3) is 0 Å². The van der Waals surface area contributed by atoms with Crippen LogP contribution in [0.4, 0.5) is 0 Å². The first-order valence-corrected chi connectivity index (χ1v) is 7.01. The van der Waals surface area contributed by atoms with Gasteiger partial charge in [-0.3, -0.25) is 9.59 Å². The number of furan rings is 1. The molecule has 0 aliphatic carbocycles. The zero-order valence-corrected chi connectivity index (χ0v) is 12.9. The van der Waals surface area contributed by atoms with Crippen molar-refractivity contribution in [3.05, 3.63) is 57.9 Å². The van der Waals surface area contributed by atoms with Gasteiger partial charge in [0.25, 0.3) is 5.56 Å². The third kappa shape index (κ3) is 3.65. The number of aromatic nitrogens is 1. The van der Waals surface area contributed by atoms with E-state index in [1.165, 1.54) is 4.57 Å². The molecule has 0 aliphatic rings. The van der Waals surface area contributed by atoms with Crippen LogP contribution in [0.3, 0.4) is 0 Å². The number of aliphatic hydroxyl groups is 1. The number of rotatable bonds is 5. The first-order valence-electron chi connectivity index (χ1n) is 7.01. The van der Waals surface area contributed by atoms with Crippen molar-refractivity contribution in [1.29, 1.82) is 0 Å². The summed E-state index contributed by atoms with van der Waals surface area (Å²) in [6, 6.07) is 6.83. The average molecular weight is 304 g/mol.